The van der Waals surface area contributed by atoms with E-state index in [-0.39, 0.29) is 0 Å². The normalized spacial score (nSPS) is 17.4. The molecule has 0 bridgehead atoms. The van der Waals surface area contributed by atoms with E-state index in [2.05, 4.69) is 32.0 Å². The number of thioether (sulfide) groups is 1. The van der Waals surface area contributed by atoms with Gasteiger partial charge in [-0.05, 0) is 56.7 Å². The molecule has 16 heavy (non-hydrogen) atoms. The van der Waals surface area contributed by atoms with Gasteiger partial charge in [0.25, 0.3) is 0 Å². The van der Waals surface area contributed by atoms with Crippen LogP contribution in [0.5, 0.6) is 0 Å². The van der Waals surface area contributed by atoms with Crippen LogP contribution in [0, 0.1) is 19.3 Å². The number of aryl methyl sites for hydroxylation is 2. The first-order valence-corrected chi connectivity index (χ1v) is 7.04. The van der Waals surface area contributed by atoms with Gasteiger partial charge in [-0.3, -0.25) is 0 Å². The first kappa shape index (κ1) is 12.0. The van der Waals surface area contributed by atoms with Gasteiger partial charge in [0.15, 0.2) is 0 Å². The molecule has 0 unspecified atom stereocenters. The van der Waals surface area contributed by atoms with Crippen LogP contribution in [-0.2, 0) is 0 Å². The number of hydrogen-bond donors (Lipinski definition) is 1. The van der Waals surface area contributed by atoms with Crippen LogP contribution in [0.25, 0.3) is 0 Å². The molecule has 1 aliphatic rings. The average molecular weight is 235 g/mol. The molecular formula is C14H21NS. The zero-order chi connectivity index (χ0) is 11.6. The molecule has 2 rings (SSSR count). The molecule has 1 aromatic rings. The van der Waals surface area contributed by atoms with Crippen LogP contribution in [-0.4, -0.2) is 12.3 Å². The number of hydrogen-bond acceptors (Lipinski definition) is 2. The van der Waals surface area contributed by atoms with Crippen LogP contribution < -0.4 is 5.73 Å². The van der Waals surface area contributed by atoms with Gasteiger partial charge in [-0.2, -0.15) is 0 Å². The second-order valence-corrected chi connectivity index (χ2v) is 6.11. The maximum Gasteiger partial charge on any atom is 0.0104 e. The van der Waals surface area contributed by atoms with Crippen molar-refractivity contribution in [1.82, 2.24) is 0 Å². The van der Waals surface area contributed by atoms with Crippen molar-refractivity contribution in [2.75, 3.05) is 12.3 Å². The van der Waals surface area contributed by atoms with Crippen molar-refractivity contribution >= 4 is 11.8 Å². The fourth-order valence-corrected chi connectivity index (χ4v) is 3.50. The Balaban J connectivity index is 1.97. The molecule has 0 aromatic heterocycles. The van der Waals surface area contributed by atoms with Crippen LogP contribution >= 0.6 is 11.8 Å². The Hall–Kier alpha value is -0.470. The van der Waals surface area contributed by atoms with Crippen LogP contribution in [0.3, 0.4) is 0 Å². The zero-order valence-corrected chi connectivity index (χ0v) is 11.1. The average Bonchev–Trinajstić information content (AvgIpc) is 3.01. The molecule has 0 radical (unpaired) electrons. The molecule has 0 saturated heterocycles. The Morgan fingerprint density at radius 2 is 2.06 bits per heavy atom. The highest BCUT2D eigenvalue weighted by Crippen LogP contribution is 2.51. The van der Waals surface area contributed by atoms with E-state index in [9.17, 15) is 0 Å². The number of nitrogens with two attached hydrogens (primary N) is 1. The highest BCUT2D eigenvalue weighted by molar-refractivity contribution is 7.99. The molecule has 1 fully saturated rings. The molecule has 0 spiro atoms. The first-order chi connectivity index (χ1) is 7.65. The maximum absolute atomic E-state index is 5.67. The molecule has 0 heterocycles. The third-order valence-corrected chi connectivity index (χ3v) is 5.02. The summed E-state index contributed by atoms with van der Waals surface area (Å²) in [5, 5.41) is 0. The van der Waals surface area contributed by atoms with Crippen molar-refractivity contribution in [3.63, 3.8) is 0 Å². The molecule has 1 aliphatic carbocycles. The minimum Gasteiger partial charge on any atom is -0.330 e. The lowest BCUT2D eigenvalue weighted by molar-refractivity contribution is 0.537. The summed E-state index contributed by atoms with van der Waals surface area (Å²) in [5.74, 6) is 1.24. The van der Waals surface area contributed by atoms with E-state index in [1.54, 1.807) is 0 Å². The Morgan fingerprint density at radius 3 is 2.69 bits per heavy atom. The Kier molecular flexibility index (Phi) is 3.60. The molecule has 88 valence electrons. The van der Waals surface area contributed by atoms with Crippen molar-refractivity contribution in [2.24, 2.45) is 11.1 Å². The van der Waals surface area contributed by atoms with E-state index in [4.69, 9.17) is 5.73 Å². The molecule has 0 atom stereocenters. The minimum atomic E-state index is 0.579. The lowest BCUT2D eigenvalue weighted by Crippen LogP contribution is -2.11. The van der Waals surface area contributed by atoms with Crippen LogP contribution in [0.2, 0.25) is 0 Å². The topological polar surface area (TPSA) is 26.0 Å². The van der Waals surface area contributed by atoms with Crippen LogP contribution in [0.15, 0.2) is 23.1 Å². The van der Waals surface area contributed by atoms with Gasteiger partial charge in [-0.1, -0.05) is 17.7 Å². The quantitative estimate of drug-likeness (QED) is 0.790. The standard InChI is InChI=1S/C14H21NS/c1-11-3-4-12(2)13(9-11)16-10-14(5-6-14)7-8-15/h3-4,9H,5-8,10,15H2,1-2H3. The monoisotopic (exact) mass is 235 g/mol. The molecule has 1 saturated carbocycles. The van der Waals surface area contributed by atoms with Gasteiger partial charge in [-0.15, -0.1) is 11.8 Å². The van der Waals surface area contributed by atoms with Crippen LogP contribution in [0.4, 0.5) is 0 Å². The molecule has 2 N–H and O–H groups in total. The number of rotatable bonds is 5. The summed E-state index contributed by atoms with van der Waals surface area (Å²) in [5.41, 5.74) is 9.01. The summed E-state index contributed by atoms with van der Waals surface area (Å²) in [4.78, 5) is 1.45. The Labute approximate surface area is 103 Å². The molecule has 1 nitrogen and oxygen atoms in total. The third-order valence-electron chi connectivity index (χ3n) is 3.51. The van der Waals surface area contributed by atoms with Gasteiger partial charge in [-0.25, -0.2) is 0 Å². The smallest absolute Gasteiger partial charge is 0.0104 e. The summed E-state index contributed by atoms with van der Waals surface area (Å²) in [6, 6.07) is 6.71. The van der Waals surface area contributed by atoms with Crippen molar-refractivity contribution in [2.45, 2.75) is 38.0 Å². The van der Waals surface area contributed by atoms with Crippen molar-refractivity contribution in [3.05, 3.63) is 29.3 Å². The lowest BCUT2D eigenvalue weighted by atomic mass is 10.1. The summed E-state index contributed by atoms with van der Waals surface area (Å²) in [7, 11) is 0. The van der Waals surface area contributed by atoms with Gasteiger partial charge in [0.1, 0.15) is 0 Å². The van der Waals surface area contributed by atoms with E-state index in [0.29, 0.717) is 5.41 Å². The highest BCUT2D eigenvalue weighted by Gasteiger charge is 2.41. The van der Waals surface area contributed by atoms with Gasteiger partial charge in [0.2, 0.25) is 0 Å². The Bertz CT molecular complexity index is 369. The van der Waals surface area contributed by atoms with Gasteiger partial charge < -0.3 is 5.73 Å². The zero-order valence-electron chi connectivity index (χ0n) is 10.3. The predicted molar refractivity (Wildman–Crippen MR) is 72.0 cm³/mol. The van der Waals surface area contributed by atoms with E-state index >= 15 is 0 Å². The molecule has 2 heteroatoms. The minimum absolute atomic E-state index is 0.579. The first-order valence-electron chi connectivity index (χ1n) is 6.05. The van der Waals surface area contributed by atoms with E-state index in [1.165, 1.54) is 41.0 Å². The summed E-state index contributed by atoms with van der Waals surface area (Å²) >= 11 is 2.02. The SMILES string of the molecule is Cc1ccc(C)c(SCC2(CCN)CC2)c1. The van der Waals surface area contributed by atoms with Crippen molar-refractivity contribution in [3.8, 4) is 0 Å². The summed E-state index contributed by atoms with van der Waals surface area (Å²) in [6.45, 7) is 5.20. The van der Waals surface area contributed by atoms with Crippen molar-refractivity contribution < 1.29 is 0 Å². The summed E-state index contributed by atoms with van der Waals surface area (Å²) in [6.07, 6.45) is 3.95. The Morgan fingerprint density at radius 1 is 1.31 bits per heavy atom. The van der Waals surface area contributed by atoms with Gasteiger partial charge in [0.05, 0.1) is 0 Å². The molecule has 1 aromatic carbocycles. The fraction of sp³-hybridized carbons (Fsp3) is 0.571. The lowest BCUT2D eigenvalue weighted by Gasteiger charge is -2.14. The summed E-state index contributed by atoms with van der Waals surface area (Å²) < 4.78 is 0. The van der Waals surface area contributed by atoms with E-state index in [1.807, 2.05) is 11.8 Å². The van der Waals surface area contributed by atoms with Gasteiger partial charge in [0, 0.05) is 10.6 Å². The second-order valence-electron chi connectivity index (χ2n) is 5.10. The maximum atomic E-state index is 5.67. The van der Waals surface area contributed by atoms with E-state index in [0.717, 1.165) is 6.54 Å². The second kappa shape index (κ2) is 4.80. The van der Waals surface area contributed by atoms with Gasteiger partial charge >= 0.3 is 0 Å². The van der Waals surface area contributed by atoms with E-state index < -0.39 is 0 Å². The predicted octanol–water partition coefficient (Wildman–Crippen LogP) is 3.52. The molecule has 0 amide bonds. The highest BCUT2D eigenvalue weighted by atomic mass is 32.2. The third kappa shape index (κ3) is 2.80. The largest absolute Gasteiger partial charge is 0.330 e. The van der Waals surface area contributed by atoms with Crippen molar-refractivity contribution in [1.29, 1.82) is 0 Å². The number of benzene rings is 1. The fourth-order valence-electron chi connectivity index (χ4n) is 2.04. The molecule has 0 aliphatic heterocycles. The molecular weight excluding hydrogens is 214 g/mol. The van der Waals surface area contributed by atoms with Crippen LogP contribution in [0.1, 0.15) is 30.4 Å².